The molecule has 0 aromatic heterocycles. The van der Waals surface area contributed by atoms with Crippen LogP contribution in [-0.2, 0) is 16.4 Å². The Labute approximate surface area is 155 Å². The van der Waals surface area contributed by atoms with E-state index in [-0.39, 0.29) is 12.1 Å². The Hall–Kier alpha value is -1.31. The molecule has 0 radical (unpaired) electrons. The van der Waals surface area contributed by atoms with E-state index in [1.165, 1.54) is 17.4 Å². The molecule has 0 saturated carbocycles. The van der Waals surface area contributed by atoms with Crippen molar-refractivity contribution in [2.45, 2.75) is 37.8 Å². The third kappa shape index (κ3) is 2.72. The van der Waals surface area contributed by atoms with Crippen molar-refractivity contribution in [3.63, 3.8) is 0 Å². The van der Waals surface area contributed by atoms with Gasteiger partial charge in [0, 0.05) is 31.7 Å². The van der Waals surface area contributed by atoms with Crippen molar-refractivity contribution in [1.29, 1.82) is 0 Å². The van der Waals surface area contributed by atoms with Gasteiger partial charge >= 0.3 is 0 Å². The molecule has 0 unspecified atom stereocenters. The van der Waals surface area contributed by atoms with E-state index in [0.717, 1.165) is 50.3 Å². The summed E-state index contributed by atoms with van der Waals surface area (Å²) in [5.74, 6) is 2.14. The molecule has 0 amide bonds. The minimum Gasteiger partial charge on any atom is -0.486 e. The molecule has 6 nitrogen and oxygen atoms in total. The second-order valence-corrected chi connectivity index (χ2v) is 9.97. The average Bonchev–Trinajstić information content (AvgIpc) is 2.63. The van der Waals surface area contributed by atoms with Crippen LogP contribution in [0.4, 0.5) is 0 Å². The molecule has 2 fully saturated rings. The van der Waals surface area contributed by atoms with Gasteiger partial charge in [-0.05, 0) is 54.9 Å². The van der Waals surface area contributed by atoms with Gasteiger partial charge in [0.1, 0.15) is 13.2 Å². The van der Waals surface area contributed by atoms with E-state index < -0.39 is 10.0 Å². The minimum atomic E-state index is -3.16. The van der Waals surface area contributed by atoms with Crippen LogP contribution >= 0.6 is 0 Å². The molecule has 1 aromatic carbocycles. The van der Waals surface area contributed by atoms with Gasteiger partial charge < -0.3 is 9.47 Å². The Morgan fingerprint density at radius 2 is 1.88 bits per heavy atom. The van der Waals surface area contributed by atoms with Crippen LogP contribution in [0.5, 0.6) is 11.5 Å². The zero-order valence-electron chi connectivity index (χ0n) is 15.2. The quantitative estimate of drug-likeness (QED) is 0.746. The standard InChI is InChI=1S/C19H26N2O4S/c1-26(22,23)21-5-2-3-14-12-20-6-4-13-9-18-19(25-8-7-24-18)10-15(13)17(20)11-16(14)21/h9-10,14,16-17H,2-8,11-12H2,1H3/t14-,16+,17+/m1/s1. The maximum absolute atomic E-state index is 12.3. The molecule has 0 N–H and O–H groups in total. The second kappa shape index (κ2) is 6.11. The SMILES string of the molecule is CS(=O)(=O)N1CCC[C@@H]2CN3CCc4cc5c(cc4[C@@H]3C[C@@H]21)OCCO5. The van der Waals surface area contributed by atoms with Crippen molar-refractivity contribution in [3.8, 4) is 11.5 Å². The van der Waals surface area contributed by atoms with E-state index in [4.69, 9.17) is 9.47 Å². The largest absolute Gasteiger partial charge is 0.486 e. The topological polar surface area (TPSA) is 59.1 Å². The highest BCUT2D eigenvalue weighted by molar-refractivity contribution is 7.88. The Balaban J connectivity index is 1.50. The highest BCUT2D eigenvalue weighted by Gasteiger charge is 2.45. The van der Waals surface area contributed by atoms with Crippen molar-refractivity contribution >= 4 is 10.0 Å². The molecule has 0 spiro atoms. The number of ether oxygens (including phenoxy) is 2. The van der Waals surface area contributed by atoms with E-state index in [1.807, 2.05) is 0 Å². The summed E-state index contributed by atoms with van der Waals surface area (Å²) in [6.45, 7) is 3.90. The Bertz CT molecular complexity index is 825. The first kappa shape index (κ1) is 16.8. The van der Waals surface area contributed by atoms with E-state index in [0.29, 0.717) is 25.7 Å². The summed E-state index contributed by atoms with van der Waals surface area (Å²) in [7, 11) is -3.16. The molecule has 5 rings (SSSR count). The van der Waals surface area contributed by atoms with Gasteiger partial charge in [0.25, 0.3) is 0 Å². The summed E-state index contributed by atoms with van der Waals surface area (Å²) < 4.78 is 37.9. The monoisotopic (exact) mass is 378 g/mol. The first-order valence-electron chi connectivity index (χ1n) is 9.64. The summed E-state index contributed by atoms with van der Waals surface area (Å²) in [6.07, 6.45) is 5.37. The van der Waals surface area contributed by atoms with Gasteiger partial charge in [-0.25, -0.2) is 8.42 Å². The van der Waals surface area contributed by atoms with E-state index in [9.17, 15) is 8.42 Å². The van der Waals surface area contributed by atoms with Crippen LogP contribution in [0.3, 0.4) is 0 Å². The maximum Gasteiger partial charge on any atom is 0.211 e. The predicted octanol–water partition coefficient (Wildman–Crippen LogP) is 1.80. The van der Waals surface area contributed by atoms with Crippen LogP contribution in [0, 0.1) is 5.92 Å². The molecule has 4 aliphatic heterocycles. The lowest BCUT2D eigenvalue weighted by molar-refractivity contribution is 0.0219. The number of benzene rings is 1. The molecule has 3 atom stereocenters. The van der Waals surface area contributed by atoms with Crippen molar-refractivity contribution in [1.82, 2.24) is 9.21 Å². The van der Waals surface area contributed by atoms with Crippen molar-refractivity contribution < 1.29 is 17.9 Å². The number of hydrogen-bond acceptors (Lipinski definition) is 5. The van der Waals surface area contributed by atoms with E-state index >= 15 is 0 Å². The van der Waals surface area contributed by atoms with Gasteiger partial charge in [-0.15, -0.1) is 0 Å². The maximum atomic E-state index is 12.3. The first-order chi connectivity index (χ1) is 12.5. The molecule has 0 bridgehead atoms. The number of nitrogens with zero attached hydrogens (tertiary/aromatic N) is 2. The van der Waals surface area contributed by atoms with Crippen LogP contribution in [0.15, 0.2) is 12.1 Å². The van der Waals surface area contributed by atoms with E-state index in [2.05, 4.69) is 17.0 Å². The van der Waals surface area contributed by atoms with Gasteiger partial charge in [0.15, 0.2) is 11.5 Å². The van der Waals surface area contributed by atoms with E-state index in [1.54, 1.807) is 4.31 Å². The summed E-state index contributed by atoms with van der Waals surface area (Å²) in [4.78, 5) is 2.56. The summed E-state index contributed by atoms with van der Waals surface area (Å²) in [5, 5.41) is 0. The van der Waals surface area contributed by atoms with Crippen LogP contribution in [-0.4, -0.2) is 62.8 Å². The fourth-order valence-corrected chi connectivity index (χ4v) is 6.56. The Morgan fingerprint density at radius 1 is 1.12 bits per heavy atom. The summed E-state index contributed by atoms with van der Waals surface area (Å²) in [6, 6.07) is 4.69. The first-order valence-corrected chi connectivity index (χ1v) is 11.5. The van der Waals surface area contributed by atoms with Crippen LogP contribution in [0.2, 0.25) is 0 Å². The number of hydrogen-bond donors (Lipinski definition) is 0. The molecule has 2 saturated heterocycles. The number of piperidine rings is 2. The summed E-state index contributed by atoms with van der Waals surface area (Å²) in [5.41, 5.74) is 2.63. The fourth-order valence-electron chi connectivity index (χ4n) is 5.35. The van der Waals surface area contributed by atoms with Crippen molar-refractivity contribution in [2.75, 3.05) is 39.1 Å². The lowest BCUT2D eigenvalue weighted by atomic mass is 9.77. The van der Waals surface area contributed by atoms with Gasteiger partial charge in [-0.3, -0.25) is 4.90 Å². The molecular weight excluding hydrogens is 352 g/mol. The number of fused-ring (bicyclic) bond motifs is 5. The Morgan fingerprint density at radius 3 is 2.65 bits per heavy atom. The highest BCUT2D eigenvalue weighted by atomic mass is 32.2. The smallest absolute Gasteiger partial charge is 0.211 e. The molecular formula is C19H26N2O4S. The van der Waals surface area contributed by atoms with Crippen LogP contribution < -0.4 is 9.47 Å². The molecule has 1 aromatic rings. The summed E-state index contributed by atoms with van der Waals surface area (Å²) >= 11 is 0. The molecule has 142 valence electrons. The molecule has 4 aliphatic rings. The normalized spacial score (nSPS) is 31.7. The van der Waals surface area contributed by atoms with Gasteiger partial charge in [0.05, 0.1) is 6.26 Å². The van der Waals surface area contributed by atoms with Crippen LogP contribution in [0.25, 0.3) is 0 Å². The zero-order valence-corrected chi connectivity index (χ0v) is 16.0. The van der Waals surface area contributed by atoms with Crippen molar-refractivity contribution in [2.24, 2.45) is 5.92 Å². The van der Waals surface area contributed by atoms with Crippen molar-refractivity contribution in [3.05, 3.63) is 23.3 Å². The zero-order chi connectivity index (χ0) is 17.9. The predicted molar refractivity (Wildman–Crippen MR) is 98.1 cm³/mol. The molecule has 7 heteroatoms. The Kier molecular flexibility index (Phi) is 3.95. The lowest BCUT2D eigenvalue weighted by Gasteiger charge is -2.51. The molecule has 0 aliphatic carbocycles. The van der Waals surface area contributed by atoms with Gasteiger partial charge in [0.2, 0.25) is 10.0 Å². The number of rotatable bonds is 1. The third-order valence-electron chi connectivity index (χ3n) is 6.50. The molecule has 4 heterocycles. The third-order valence-corrected chi connectivity index (χ3v) is 7.80. The minimum absolute atomic E-state index is 0.124. The lowest BCUT2D eigenvalue weighted by Crippen LogP contribution is -2.57. The van der Waals surface area contributed by atoms with Gasteiger partial charge in [-0.1, -0.05) is 0 Å². The number of sulfonamides is 1. The van der Waals surface area contributed by atoms with Crippen LogP contribution in [0.1, 0.15) is 36.4 Å². The second-order valence-electron chi connectivity index (χ2n) is 8.03. The highest BCUT2D eigenvalue weighted by Crippen LogP contribution is 2.46. The fraction of sp³-hybridized carbons (Fsp3) is 0.684. The average molecular weight is 378 g/mol. The molecule has 26 heavy (non-hydrogen) atoms. The van der Waals surface area contributed by atoms with Gasteiger partial charge in [-0.2, -0.15) is 4.31 Å².